The van der Waals surface area contributed by atoms with E-state index in [0.29, 0.717) is 13.2 Å². The van der Waals surface area contributed by atoms with Crippen LogP contribution in [0.1, 0.15) is 5.56 Å². The largest absolute Gasteiger partial charge is 0.394 e. The van der Waals surface area contributed by atoms with Gasteiger partial charge in [0.25, 0.3) is 0 Å². The summed E-state index contributed by atoms with van der Waals surface area (Å²) in [5, 5.41) is 12.8. The Kier molecular flexibility index (Phi) is 5.01. The molecular formula is C25H24N6O2. The molecule has 8 nitrogen and oxygen atoms in total. The molecule has 4 aromatic rings. The van der Waals surface area contributed by atoms with Gasteiger partial charge in [0.15, 0.2) is 5.65 Å². The average Bonchev–Trinajstić information content (AvgIpc) is 3.53. The van der Waals surface area contributed by atoms with E-state index in [2.05, 4.69) is 55.6 Å². The summed E-state index contributed by atoms with van der Waals surface area (Å²) in [5.41, 5.74) is 7.29. The molecule has 2 aliphatic heterocycles. The number of nitrogens with zero attached hydrogens (tertiary/aromatic N) is 5. The van der Waals surface area contributed by atoms with E-state index >= 15 is 0 Å². The number of aromatic nitrogens is 3. The van der Waals surface area contributed by atoms with E-state index in [1.54, 1.807) is 6.20 Å². The van der Waals surface area contributed by atoms with Crippen molar-refractivity contribution in [2.75, 3.05) is 36.5 Å². The van der Waals surface area contributed by atoms with Crippen molar-refractivity contribution in [1.29, 1.82) is 0 Å². The number of rotatable bonds is 5. The highest BCUT2D eigenvalue weighted by Crippen LogP contribution is 2.32. The quantitative estimate of drug-likeness (QED) is 0.493. The number of morpholine rings is 1. The Hall–Kier alpha value is -3.75. The monoisotopic (exact) mass is 440 g/mol. The van der Waals surface area contributed by atoms with E-state index in [0.717, 1.165) is 52.6 Å². The fourth-order valence-electron chi connectivity index (χ4n) is 4.43. The molecule has 0 unspecified atom stereocenters. The van der Waals surface area contributed by atoms with E-state index in [9.17, 15) is 5.11 Å². The third kappa shape index (κ3) is 3.83. The summed E-state index contributed by atoms with van der Waals surface area (Å²) < 4.78 is 7.57. The fraction of sp³-hybridized carbons (Fsp3) is 0.240. The van der Waals surface area contributed by atoms with Crippen LogP contribution in [0.2, 0.25) is 0 Å². The lowest BCUT2D eigenvalue weighted by molar-refractivity contribution is 0.00355. The zero-order valence-corrected chi connectivity index (χ0v) is 18.1. The van der Waals surface area contributed by atoms with Gasteiger partial charge in [-0.25, -0.2) is 9.97 Å². The third-order valence-corrected chi connectivity index (χ3v) is 6.16. The molecular weight excluding hydrogens is 416 g/mol. The standard InChI is InChI=1S/C25H24N6O2/c32-16-21-15-30(9-10-33-21)20-2-4-24(28-13-20)29-23-12-19(14-31-8-7-27-25(23)31)17-1-3-22-18(11-17)5-6-26-22/h1-4,6-8,11-14,21,32H,5,9-10,15-16H2,(H,28,29)/t21-/m0/s1. The van der Waals surface area contributed by atoms with E-state index in [4.69, 9.17) is 4.74 Å². The second-order valence-electron chi connectivity index (χ2n) is 8.31. The van der Waals surface area contributed by atoms with Gasteiger partial charge < -0.3 is 24.5 Å². The predicted octanol–water partition coefficient (Wildman–Crippen LogP) is 3.60. The van der Waals surface area contributed by atoms with Crippen LogP contribution in [0, 0.1) is 0 Å². The fourth-order valence-corrected chi connectivity index (χ4v) is 4.43. The Morgan fingerprint density at radius 2 is 2.09 bits per heavy atom. The van der Waals surface area contributed by atoms with Gasteiger partial charge in [0.1, 0.15) is 5.82 Å². The summed E-state index contributed by atoms with van der Waals surface area (Å²) in [5.74, 6) is 0.745. The summed E-state index contributed by atoms with van der Waals surface area (Å²) in [4.78, 5) is 15.8. The first-order valence-electron chi connectivity index (χ1n) is 11.1. The van der Waals surface area contributed by atoms with Crippen molar-refractivity contribution in [2.24, 2.45) is 4.99 Å². The highest BCUT2D eigenvalue weighted by molar-refractivity contribution is 5.82. The maximum absolute atomic E-state index is 9.39. The molecule has 0 spiro atoms. The van der Waals surface area contributed by atoms with Crippen molar-refractivity contribution in [3.63, 3.8) is 0 Å². The average molecular weight is 441 g/mol. The minimum Gasteiger partial charge on any atom is -0.394 e. The number of ether oxygens (including phenoxy) is 1. The first-order chi connectivity index (χ1) is 16.3. The molecule has 1 saturated heterocycles. The van der Waals surface area contributed by atoms with Crippen LogP contribution in [-0.4, -0.2) is 58.1 Å². The lowest BCUT2D eigenvalue weighted by Crippen LogP contribution is -2.44. The van der Waals surface area contributed by atoms with Crippen LogP contribution in [0.4, 0.5) is 22.9 Å². The van der Waals surface area contributed by atoms with E-state index in [1.165, 1.54) is 5.56 Å². The van der Waals surface area contributed by atoms with Crippen molar-refractivity contribution in [2.45, 2.75) is 12.5 Å². The van der Waals surface area contributed by atoms with Crippen molar-refractivity contribution >= 4 is 34.7 Å². The topological polar surface area (TPSA) is 87.3 Å². The molecule has 2 N–H and O–H groups in total. The summed E-state index contributed by atoms with van der Waals surface area (Å²) in [6.07, 6.45) is 10.4. The number of hydrogen-bond donors (Lipinski definition) is 2. The molecule has 5 heterocycles. The summed E-state index contributed by atoms with van der Waals surface area (Å²) in [6, 6.07) is 12.5. The van der Waals surface area contributed by atoms with Gasteiger partial charge in [0.2, 0.25) is 0 Å². The van der Waals surface area contributed by atoms with Crippen molar-refractivity contribution in [3.05, 3.63) is 66.7 Å². The predicted molar refractivity (Wildman–Crippen MR) is 129 cm³/mol. The van der Waals surface area contributed by atoms with Crippen LogP contribution in [0.3, 0.4) is 0 Å². The highest BCUT2D eigenvalue weighted by atomic mass is 16.5. The molecule has 0 bridgehead atoms. The van der Waals surface area contributed by atoms with Crippen LogP contribution in [0.25, 0.3) is 16.8 Å². The number of aliphatic hydroxyl groups is 1. The van der Waals surface area contributed by atoms with Gasteiger partial charge in [-0.3, -0.25) is 4.99 Å². The van der Waals surface area contributed by atoms with Crippen molar-refractivity contribution in [3.8, 4) is 11.1 Å². The molecule has 0 saturated carbocycles. The second-order valence-corrected chi connectivity index (χ2v) is 8.31. The Morgan fingerprint density at radius 3 is 2.97 bits per heavy atom. The van der Waals surface area contributed by atoms with Crippen molar-refractivity contribution in [1.82, 2.24) is 14.4 Å². The van der Waals surface area contributed by atoms with Gasteiger partial charge in [0, 0.05) is 49.9 Å². The van der Waals surface area contributed by atoms with Gasteiger partial charge >= 0.3 is 0 Å². The lowest BCUT2D eigenvalue weighted by Gasteiger charge is -2.33. The van der Waals surface area contributed by atoms with Gasteiger partial charge in [-0.1, -0.05) is 6.07 Å². The van der Waals surface area contributed by atoms with E-state index < -0.39 is 0 Å². The number of nitrogens with one attached hydrogen (secondary N) is 1. The van der Waals surface area contributed by atoms with Crippen LogP contribution >= 0.6 is 0 Å². The third-order valence-electron chi connectivity index (χ3n) is 6.16. The Bertz CT molecular complexity index is 1330. The number of fused-ring (bicyclic) bond motifs is 2. The number of benzene rings is 1. The smallest absolute Gasteiger partial charge is 0.160 e. The maximum Gasteiger partial charge on any atom is 0.160 e. The summed E-state index contributed by atoms with van der Waals surface area (Å²) in [6.45, 7) is 2.07. The van der Waals surface area contributed by atoms with Gasteiger partial charge in [-0.15, -0.1) is 0 Å². The zero-order chi connectivity index (χ0) is 22.2. The minimum absolute atomic E-state index is 0.0253. The normalized spacial score (nSPS) is 17.5. The maximum atomic E-state index is 9.39. The Balaban J connectivity index is 1.28. The molecule has 1 aromatic carbocycles. The van der Waals surface area contributed by atoms with E-state index in [-0.39, 0.29) is 12.7 Å². The molecule has 0 radical (unpaired) electrons. The molecule has 6 rings (SSSR count). The number of hydrogen-bond acceptors (Lipinski definition) is 7. The summed E-state index contributed by atoms with van der Waals surface area (Å²) in [7, 11) is 0. The molecule has 0 aliphatic carbocycles. The highest BCUT2D eigenvalue weighted by Gasteiger charge is 2.20. The molecule has 0 amide bonds. The first-order valence-corrected chi connectivity index (χ1v) is 11.1. The van der Waals surface area contributed by atoms with Crippen LogP contribution < -0.4 is 10.2 Å². The summed E-state index contributed by atoms with van der Waals surface area (Å²) >= 11 is 0. The number of aliphatic hydroxyl groups excluding tert-OH is 1. The van der Waals surface area contributed by atoms with Gasteiger partial charge in [0.05, 0.1) is 42.6 Å². The molecule has 1 atom stereocenters. The number of pyridine rings is 2. The molecule has 3 aromatic heterocycles. The Labute approximate surface area is 191 Å². The van der Waals surface area contributed by atoms with Crippen molar-refractivity contribution < 1.29 is 9.84 Å². The number of imidazole rings is 1. The van der Waals surface area contributed by atoms with Gasteiger partial charge in [-0.2, -0.15) is 0 Å². The van der Waals surface area contributed by atoms with Crippen LogP contribution in [0.15, 0.2) is 66.2 Å². The zero-order valence-electron chi connectivity index (χ0n) is 18.1. The number of aliphatic imine (C=N–C) groups is 1. The molecule has 33 heavy (non-hydrogen) atoms. The minimum atomic E-state index is -0.154. The second kappa shape index (κ2) is 8.31. The SMILES string of the molecule is OC[C@@H]1CN(c2ccc(Nc3cc(-c4ccc5c(c4)CC=N5)cn4ccnc34)nc2)CCO1. The molecule has 2 aliphatic rings. The van der Waals surface area contributed by atoms with Crippen LogP contribution in [-0.2, 0) is 11.2 Å². The molecule has 8 heteroatoms. The lowest BCUT2D eigenvalue weighted by atomic mass is 10.0. The first kappa shape index (κ1) is 19.9. The molecule has 166 valence electrons. The number of anilines is 3. The molecule has 1 fully saturated rings. The van der Waals surface area contributed by atoms with E-state index in [1.807, 2.05) is 35.1 Å². The van der Waals surface area contributed by atoms with Gasteiger partial charge in [-0.05, 0) is 41.5 Å². The van der Waals surface area contributed by atoms with Crippen LogP contribution in [0.5, 0.6) is 0 Å². The Morgan fingerprint density at radius 1 is 1.12 bits per heavy atom.